The minimum absolute atomic E-state index is 0.327. The molecule has 1 heterocycles. The average Bonchev–Trinajstić information content (AvgIpc) is 2.17. The second-order valence-corrected chi connectivity index (χ2v) is 2.30. The zero-order valence-corrected chi connectivity index (χ0v) is 5.34. The highest BCUT2D eigenvalue weighted by atomic mass is 16.6. The summed E-state index contributed by atoms with van der Waals surface area (Å²) in [4.78, 5) is 0. The van der Waals surface area contributed by atoms with Crippen molar-refractivity contribution in [3.8, 4) is 0 Å². The highest BCUT2D eigenvalue weighted by Crippen LogP contribution is 2.16. The van der Waals surface area contributed by atoms with Crippen molar-refractivity contribution in [2.45, 2.75) is 24.5 Å². The molecule has 5 nitrogen and oxygen atoms in total. The van der Waals surface area contributed by atoms with Crippen LogP contribution in [0.2, 0.25) is 0 Å². The first-order valence-corrected chi connectivity index (χ1v) is 3.05. The van der Waals surface area contributed by atoms with E-state index in [1.165, 1.54) is 0 Å². The molecule has 1 fully saturated rings. The first-order chi connectivity index (χ1) is 4.66. The van der Waals surface area contributed by atoms with E-state index in [0.717, 1.165) is 0 Å². The van der Waals surface area contributed by atoms with Crippen molar-refractivity contribution >= 4 is 0 Å². The van der Waals surface area contributed by atoms with Crippen molar-refractivity contribution in [3.63, 3.8) is 0 Å². The third kappa shape index (κ3) is 1.14. The molecule has 5 N–H and O–H groups in total. The molecule has 0 aliphatic carbocycles. The summed E-state index contributed by atoms with van der Waals surface area (Å²) in [5.74, 6) is 0. The Hall–Kier alpha value is -0.200. The maximum atomic E-state index is 9.01. The summed E-state index contributed by atoms with van der Waals surface area (Å²) >= 11 is 0. The van der Waals surface area contributed by atoms with E-state index in [2.05, 4.69) is 0 Å². The molecule has 60 valence electrons. The minimum Gasteiger partial charge on any atom is -0.394 e. The normalized spacial score (nSPS) is 48.0. The van der Waals surface area contributed by atoms with Crippen LogP contribution >= 0.6 is 0 Å². The lowest BCUT2D eigenvalue weighted by Crippen LogP contribution is -2.37. The van der Waals surface area contributed by atoms with Crippen molar-refractivity contribution < 1.29 is 20.1 Å². The monoisotopic (exact) mass is 149 g/mol. The third-order valence-electron chi connectivity index (χ3n) is 1.58. The molecule has 0 aromatic rings. The minimum atomic E-state index is -1.09. The first kappa shape index (κ1) is 7.90. The number of hydrogen-bond donors (Lipinski definition) is 4. The molecule has 0 amide bonds. The van der Waals surface area contributed by atoms with Crippen LogP contribution in [0.3, 0.4) is 0 Å². The standard InChI is InChI=1S/C5H11NO4/c6-5-4(9)3(8)2(1-7)10-5/h2-5,7-9H,1,6H2. The van der Waals surface area contributed by atoms with Gasteiger partial charge in [-0.3, -0.25) is 0 Å². The lowest BCUT2D eigenvalue weighted by Gasteiger charge is -2.09. The summed E-state index contributed by atoms with van der Waals surface area (Å²) < 4.78 is 4.76. The van der Waals surface area contributed by atoms with Crippen molar-refractivity contribution in [1.29, 1.82) is 0 Å². The fraction of sp³-hybridized carbons (Fsp3) is 1.00. The van der Waals surface area contributed by atoms with Gasteiger partial charge in [0.2, 0.25) is 0 Å². The molecule has 0 spiro atoms. The van der Waals surface area contributed by atoms with Crippen LogP contribution in [0.4, 0.5) is 0 Å². The SMILES string of the molecule is NC1OC(CO)C(O)C1O. The summed E-state index contributed by atoms with van der Waals surface area (Å²) in [7, 11) is 0. The topological polar surface area (TPSA) is 95.9 Å². The Kier molecular flexibility index (Phi) is 2.22. The molecule has 0 saturated carbocycles. The largest absolute Gasteiger partial charge is 0.394 e. The highest BCUT2D eigenvalue weighted by Gasteiger charge is 2.39. The Morgan fingerprint density at radius 2 is 1.90 bits per heavy atom. The van der Waals surface area contributed by atoms with Gasteiger partial charge in [0.25, 0.3) is 0 Å². The molecular formula is C5H11NO4. The number of ether oxygens (including phenoxy) is 1. The van der Waals surface area contributed by atoms with Crippen molar-refractivity contribution in [2.24, 2.45) is 5.73 Å². The Balaban J connectivity index is 2.53. The Morgan fingerprint density at radius 1 is 1.30 bits per heavy atom. The van der Waals surface area contributed by atoms with Gasteiger partial charge in [0.05, 0.1) is 6.61 Å². The summed E-state index contributed by atoms with van der Waals surface area (Å²) in [6.45, 7) is -0.327. The van der Waals surface area contributed by atoms with Gasteiger partial charge in [-0.15, -0.1) is 0 Å². The number of hydrogen-bond acceptors (Lipinski definition) is 5. The van der Waals surface area contributed by atoms with Gasteiger partial charge >= 0.3 is 0 Å². The molecule has 4 unspecified atom stereocenters. The molecule has 1 rings (SSSR count). The van der Waals surface area contributed by atoms with Crippen molar-refractivity contribution in [3.05, 3.63) is 0 Å². The molecule has 4 atom stereocenters. The van der Waals surface area contributed by atoms with Crippen molar-refractivity contribution in [2.75, 3.05) is 6.61 Å². The maximum absolute atomic E-state index is 9.01. The number of aliphatic hydroxyl groups excluding tert-OH is 3. The van der Waals surface area contributed by atoms with E-state index < -0.39 is 24.5 Å². The van der Waals surface area contributed by atoms with Crippen LogP contribution in [-0.2, 0) is 4.74 Å². The highest BCUT2D eigenvalue weighted by molar-refractivity contribution is 4.86. The molecular weight excluding hydrogens is 138 g/mol. The van der Waals surface area contributed by atoms with Crippen LogP contribution in [0.5, 0.6) is 0 Å². The summed E-state index contributed by atoms with van der Waals surface area (Å²) in [5, 5.41) is 26.5. The number of rotatable bonds is 1. The van der Waals surface area contributed by atoms with Gasteiger partial charge in [0.1, 0.15) is 24.5 Å². The zero-order chi connectivity index (χ0) is 7.72. The molecule has 0 radical (unpaired) electrons. The molecule has 0 aromatic heterocycles. The van der Waals surface area contributed by atoms with Gasteiger partial charge in [0.15, 0.2) is 0 Å². The van der Waals surface area contributed by atoms with E-state index >= 15 is 0 Å². The molecule has 5 heteroatoms. The van der Waals surface area contributed by atoms with E-state index in [9.17, 15) is 0 Å². The van der Waals surface area contributed by atoms with Crippen LogP contribution in [0.15, 0.2) is 0 Å². The zero-order valence-electron chi connectivity index (χ0n) is 5.34. The van der Waals surface area contributed by atoms with Crippen molar-refractivity contribution in [1.82, 2.24) is 0 Å². The molecule has 1 aliphatic rings. The number of nitrogens with two attached hydrogens (primary N) is 1. The van der Waals surface area contributed by atoms with Crippen LogP contribution in [0, 0.1) is 0 Å². The smallest absolute Gasteiger partial charge is 0.135 e. The van der Waals surface area contributed by atoms with E-state index in [1.54, 1.807) is 0 Å². The van der Waals surface area contributed by atoms with Gasteiger partial charge in [-0.05, 0) is 0 Å². The lowest BCUT2D eigenvalue weighted by molar-refractivity contribution is -0.0200. The molecule has 1 saturated heterocycles. The van der Waals surface area contributed by atoms with E-state index in [-0.39, 0.29) is 6.61 Å². The quantitative estimate of drug-likeness (QED) is 0.327. The first-order valence-electron chi connectivity index (χ1n) is 3.05. The lowest BCUT2D eigenvalue weighted by atomic mass is 10.1. The Morgan fingerprint density at radius 3 is 2.10 bits per heavy atom. The summed E-state index contributed by atoms with van der Waals surface area (Å²) in [6.07, 6.45) is -3.78. The average molecular weight is 149 g/mol. The van der Waals surface area contributed by atoms with Gasteiger partial charge in [-0.25, -0.2) is 0 Å². The predicted octanol–water partition coefficient (Wildman–Crippen LogP) is -2.62. The van der Waals surface area contributed by atoms with Gasteiger partial charge in [-0.1, -0.05) is 0 Å². The summed E-state index contributed by atoms with van der Waals surface area (Å²) in [6, 6.07) is 0. The van der Waals surface area contributed by atoms with Gasteiger partial charge < -0.3 is 25.8 Å². The number of aliphatic hydroxyl groups is 3. The fourth-order valence-electron chi connectivity index (χ4n) is 0.928. The molecule has 0 bridgehead atoms. The van der Waals surface area contributed by atoms with Gasteiger partial charge in [0, 0.05) is 0 Å². The second-order valence-electron chi connectivity index (χ2n) is 2.30. The second kappa shape index (κ2) is 2.81. The predicted molar refractivity (Wildman–Crippen MR) is 31.9 cm³/mol. The molecule has 0 aromatic carbocycles. The molecule has 1 aliphatic heterocycles. The van der Waals surface area contributed by atoms with Gasteiger partial charge in [-0.2, -0.15) is 0 Å². The summed E-state index contributed by atoms with van der Waals surface area (Å²) in [5.41, 5.74) is 5.19. The Labute approximate surface area is 58.0 Å². The third-order valence-corrected chi connectivity index (χ3v) is 1.58. The molecule has 10 heavy (non-hydrogen) atoms. The fourth-order valence-corrected chi connectivity index (χ4v) is 0.928. The Bertz CT molecular complexity index is 120. The van der Waals surface area contributed by atoms with Crippen LogP contribution < -0.4 is 5.73 Å². The maximum Gasteiger partial charge on any atom is 0.135 e. The van der Waals surface area contributed by atoms with Crippen LogP contribution in [-0.4, -0.2) is 46.5 Å². The van der Waals surface area contributed by atoms with Crippen LogP contribution in [0.25, 0.3) is 0 Å². The van der Waals surface area contributed by atoms with E-state index in [1.807, 2.05) is 0 Å². The van der Waals surface area contributed by atoms with Crippen LogP contribution in [0.1, 0.15) is 0 Å². The van der Waals surface area contributed by atoms with E-state index in [0.29, 0.717) is 0 Å². The van der Waals surface area contributed by atoms with E-state index in [4.69, 9.17) is 25.8 Å².